The van der Waals surface area contributed by atoms with Gasteiger partial charge in [-0.2, -0.15) is 0 Å². The maximum atomic E-state index is 12.2. The summed E-state index contributed by atoms with van der Waals surface area (Å²) in [5.74, 6) is -0.0333. The third kappa shape index (κ3) is 3.39. The van der Waals surface area contributed by atoms with Crippen LogP contribution >= 0.6 is 23.1 Å². The van der Waals surface area contributed by atoms with Crippen LogP contribution in [-0.2, 0) is 21.0 Å². The molecule has 20 heavy (non-hydrogen) atoms. The molecule has 0 spiro atoms. The normalized spacial score (nSPS) is 18.5. The molecule has 1 aliphatic rings. The largest absolute Gasteiger partial charge is 0.316 e. The van der Waals surface area contributed by atoms with E-state index in [0.717, 1.165) is 22.6 Å². The van der Waals surface area contributed by atoms with E-state index in [1.54, 1.807) is 24.2 Å². The molecule has 1 unspecified atom stereocenters. The van der Waals surface area contributed by atoms with E-state index in [4.69, 9.17) is 0 Å². The Bertz CT molecular complexity index is 574. The van der Waals surface area contributed by atoms with Crippen molar-refractivity contribution >= 4 is 46.1 Å². The third-order valence-electron chi connectivity index (χ3n) is 3.12. The Morgan fingerprint density at radius 1 is 1.60 bits per heavy atom. The molecule has 0 saturated heterocycles. The van der Waals surface area contributed by atoms with Crippen molar-refractivity contribution in [1.82, 2.24) is 5.32 Å². The van der Waals surface area contributed by atoms with Crippen LogP contribution in [-0.4, -0.2) is 29.0 Å². The van der Waals surface area contributed by atoms with Crippen molar-refractivity contribution in [3.63, 3.8) is 0 Å². The number of thioether (sulfide) groups is 1. The molecular weight excluding hydrogens is 312 g/mol. The summed E-state index contributed by atoms with van der Waals surface area (Å²) in [5, 5.41) is 6.42. The Hall–Kier alpha value is -0.920. The molecule has 1 atom stereocenters. The molecule has 1 aromatic rings. The number of rotatable bonds is 6. The fourth-order valence-electron chi connectivity index (χ4n) is 1.80. The Morgan fingerprint density at radius 3 is 2.90 bits per heavy atom. The molecule has 1 heterocycles. The van der Waals surface area contributed by atoms with Crippen LogP contribution < -0.4 is 5.32 Å². The first-order valence-electron chi connectivity index (χ1n) is 6.03. The topological polar surface area (TPSA) is 58.5 Å². The minimum Gasteiger partial charge on any atom is -0.316 e. The molecule has 1 saturated carbocycles. The predicted octanol–water partition coefficient (Wildman–Crippen LogP) is 2.50. The number of aliphatic imine (C=N–C) groups is 1. The summed E-state index contributed by atoms with van der Waals surface area (Å²) in [4.78, 5) is 18.0. The second-order valence-electron chi connectivity index (χ2n) is 4.46. The monoisotopic (exact) mass is 328 g/mol. The van der Waals surface area contributed by atoms with Crippen molar-refractivity contribution in [3.05, 3.63) is 27.9 Å². The van der Waals surface area contributed by atoms with Crippen molar-refractivity contribution in [3.8, 4) is 0 Å². The minimum absolute atomic E-state index is 0.0333. The highest BCUT2D eigenvalue weighted by molar-refractivity contribution is 8.01. The number of hydrogen-bond donors (Lipinski definition) is 1. The molecule has 7 heteroatoms. The van der Waals surface area contributed by atoms with Gasteiger partial charge in [0.25, 0.3) is 0 Å². The Balaban J connectivity index is 2.03. The first kappa shape index (κ1) is 15.5. The number of carbonyl (C=O) groups excluding carboxylic acids is 1. The van der Waals surface area contributed by atoms with Crippen LogP contribution in [0.3, 0.4) is 0 Å². The molecular formula is C13H16N2O2S3. The summed E-state index contributed by atoms with van der Waals surface area (Å²) in [6, 6.07) is 1.89. The molecule has 0 aliphatic heterocycles. The van der Waals surface area contributed by atoms with Gasteiger partial charge in [-0.1, -0.05) is 0 Å². The highest BCUT2D eigenvalue weighted by Crippen LogP contribution is 2.50. The molecule has 0 aromatic carbocycles. The van der Waals surface area contributed by atoms with Crippen LogP contribution in [0.25, 0.3) is 0 Å². The third-order valence-corrected chi connectivity index (χ3v) is 5.69. The SMILES string of the molecule is CS/C=C\N=CNC(=O)C1(c2cc(S(C)=O)cs2)CC1. The predicted molar refractivity (Wildman–Crippen MR) is 86.9 cm³/mol. The van der Waals surface area contributed by atoms with Crippen molar-refractivity contribution in [2.45, 2.75) is 23.2 Å². The highest BCUT2D eigenvalue weighted by atomic mass is 32.2. The van der Waals surface area contributed by atoms with Crippen LogP contribution in [0.1, 0.15) is 17.7 Å². The molecule has 0 radical (unpaired) electrons. The minimum atomic E-state index is -0.997. The molecule has 1 aliphatic carbocycles. The molecule has 108 valence electrons. The van der Waals surface area contributed by atoms with Crippen LogP contribution in [0.15, 0.2) is 32.9 Å². The van der Waals surface area contributed by atoms with Crippen LogP contribution in [0.5, 0.6) is 0 Å². The highest BCUT2D eigenvalue weighted by Gasteiger charge is 2.52. The van der Waals surface area contributed by atoms with Gasteiger partial charge in [0.1, 0.15) is 0 Å². The number of nitrogens with zero attached hydrogens (tertiary/aromatic N) is 1. The average molecular weight is 328 g/mol. The first-order chi connectivity index (χ1) is 9.60. The van der Waals surface area contributed by atoms with Crippen LogP contribution in [0, 0.1) is 0 Å². The fourth-order valence-corrected chi connectivity index (χ4v) is 4.07. The van der Waals surface area contributed by atoms with Crippen molar-refractivity contribution in [2.75, 3.05) is 12.5 Å². The Kier molecular flexibility index (Phi) is 5.17. The molecule has 1 aromatic heterocycles. The number of thiophene rings is 1. The maximum absolute atomic E-state index is 12.2. The lowest BCUT2D eigenvalue weighted by atomic mass is 10.0. The van der Waals surface area contributed by atoms with Crippen LogP contribution in [0.4, 0.5) is 0 Å². The lowest BCUT2D eigenvalue weighted by Crippen LogP contribution is -2.33. The number of carbonyl (C=O) groups is 1. The van der Waals surface area contributed by atoms with Crippen LogP contribution in [0.2, 0.25) is 0 Å². The smallest absolute Gasteiger partial charge is 0.236 e. The maximum Gasteiger partial charge on any atom is 0.236 e. The van der Waals surface area contributed by atoms with Crippen molar-refractivity contribution in [2.24, 2.45) is 4.99 Å². The van der Waals surface area contributed by atoms with Gasteiger partial charge in [-0.3, -0.25) is 9.00 Å². The zero-order valence-electron chi connectivity index (χ0n) is 11.3. The van der Waals surface area contributed by atoms with Gasteiger partial charge in [0.15, 0.2) is 0 Å². The van der Waals surface area contributed by atoms with Gasteiger partial charge in [-0.25, -0.2) is 4.99 Å². The van der Waals surface area contributed by atoms with E-state index >= 15 is 0 Å². The summed E-state index contributed by atoms with van der Waals surface area (Å²) in [6.07, 6.45) is 8.31. The molecule has 1 N–H and O–H groups in total. The second kappa shape index (κ2) is 6.69. The standard InChI is InChI=1S/C13H16N2O2S3/c1-18-6-5-14-9-15-12(16)13(3-4-13)11-7-10(8-19-11)20(2)17/h5-9H,3-4H2,1-2H3,(H,14,15,16)/b6-5-. The van der Waals surface area contributed by atoms with Gasteiger partial charge in [-0.15, -0.1) is 23.1 Å². The van der Waals surface area contributed by atoms with Gasteiger partial charge < -0.3 is 5.32 Å². The lowest BCUT2D eigenvalue weighted by Gasteiger charge is -2.10. The summed E-state index contributed by atoms with van der Waals surface area (Å²) in [7, 11) is -0.997. The second-order valence-corrected chi connectivity index (χ2v) is 7.49. The fraction of sp³-hybridized carbons (Fsp3) is 0.385. The summed E-state index contributed by atoms with van der Waals surface area (Å²) >= 11 is 3.05. The van der Waals surface area contributed by atoms with E-state index in [-0.39, 0.29) is 5.91 Å². The van der Waals surface area contributed by atoms with E-state index in [2.05, 4.69) is 10.3 Å². The van der Waals surface area contributed by atoms with Gasteiger partial charge >= 0.3 is 0 Å². The number of amides is 1. The molecule has 0 bridgehead atoms. The van der Waals surface area contributed by atoms with E-state index in [1.807, 2.05) is 23.1 Å². The van der Waals surface area contributed by atoms with E-state index in [1.165, 1.54) is 17.7 Å². The quantitative estimate of drug-likeness (QED) is 0.645. The Morgan fingerprint density at radius 2 is 2.35 bits per heavy atom. The van der Waals surface area contributed by atoms with Gasteiger partial charge in [-0.05, 0) is 30.6 Å². The van der Waals surface area contributed by atoms with E-state index in [9.17, 15) is 9.00 Å². The van der Waals surface area contributed by atoms with E-state index in [0.29, 0.717) is 0 Å². The molecule has 2 rings (SSSR count). The van der Waals surface area contributed by atoms with Crippen molar-refractivity contribution in [1.29, 1.82) is 0 Å². The Labute approximate surface area is 129 Å². The number of nitrogens with one attached hydrogen (secondary N) is 1. The summed E-state index contributed by atoms with van der Waals surface area (Å²) in [6.45, 7) is 0. The molecule has 1 fully saturated rings. The van der Waals surface area contributed by atoms with Gasteiger partial charge in [0.2, 0.25) is 5.91 Å². The average Bonchev–Trinajstić information content (AvgIpc) is 3.08. The summed E-state index contributed by atoms with van der Waals surface area (Å²) < 4.78 is 11.4. The van der Waals surface area contributed by atoms with Crippen molar-refractivity contribution < 1.29 is 9.00 Å². The molecule has 4 nitrogen and oxygen atoms in total. The number of hydrogen-bond acceptors (Lipinski definition) is 5. The van der Waals surface area contributed by atoms with Gasteiger partial charge in [0, 0.05) is 27.6 Å². The lowest BCUT2D eigenvalue weighted by molar-refractivity contribution is -0.121. The summed E-state index contributed by atoms with van der Waals surface area (Å²) in [5.41, 5.74) is -0.433. The molecule has 1 amide bonds. The van der Waals surface area contributed by atoms with Gasteiger partial charge in [0.05, 0.1) is 22.6 Å². The van der Waals surface area contributed by atoms with E-state index < -0.39 is 16.2 Å². The zero-order valence-corrected chi connectivity index (χ0v) is 13.7. The zero-order chi connectivity index (χ0) is 14.6. The first-order valence-corrected chi connectivity index (χ1v) is 9.75.